The van der Waals surface area contributed by atoms with Crippen molar-refractivity contribution in [1.82, 2.24) is 0 Å². The Balaban J connectivity index is 2.31. The summed E-state index contributed by atoms with van der Waals surface area (Å²) in [7, 11) is 1.66. The van der Waals surface area contributed by atoms with Crippen molar-refractivity contribution in [2.75, 3.05) is 0 Å². The fourth-order valence-corrected chi connectivity index (χ4v) is 16.2. The molecule has 0 heterocycles. The van der Waals surface area contributed by atoms with E-state index in [0.29, 0.717) is 0 Å². The zero-order valence-electron chi connectivity index (χ0n) is 13.5. The fraction of sp³-hybridized carbons (Fsp3) is 0.412. The predicted octanol–water partition coefficient (Wildman–Crippen LogP) is 5.56. The molecule has 2 unspecified atom stereocenters. The van der Waals surface area contributed by atoms with Gasteiger partial charge in [-0.3, -0.25) is 0 Å². The zero-order chi connectivity index (χ0) is 15.6. The first-order valence-corrected chi connectivity index (χ1v) is 14.1. The molecule has 1 aliphatic carbocycles. The van der Waals surface area contributed by atoms with Gasteiger partial charge in [-0.2, -0.15) is 0 Å². The lowest BCUT2D eigenvalue weighted by Gasteiger charge is -2.23. The van der Waals surface area contributed by atoms with Crippen molar-refractivity contribution in [3.63, 3.8) is 0 Å². The highest BCUT2D eigenvalue weighted by molar-refractivity contribution is 8.61. The minimum Gasteiger partial charge on any atom is -0.0713 e. The van der Waals surface area contributed by atoms with Crippen molar-refractivity contribution in [3.8, 4) is 0 Å². The third-order valence-corrected chi connectivity index (χ3v) is 16.6. The second kappa shape index (κ2) is 6.91. The van der Waals surface area contributed by atoms with Crippen LogP contribution in [0.3, 0.4) is 0 Å². The van der Waals surface area contributed by atoms with E-state index in [1.54, 1.807) is 5.57 Å². The molecule has 0 spiro atoms. The molecule has 112 valence electrons. The van der Waals surface area contributed by atoms with Gasteiger partial charge in [-0.05, 0) is 51.1 Å². The van der Waals surface area contributed by atoms with Crippen LogP contribution in [0.5, 0.6) is 0 Å². The van der Waals surface area contributed by atoms with Crippen LogP contribution >= 0.6 is 18.1 Å². The molecule has 1 aliphatic rings. The van der Waals surface area contributed by atoms with Gasteiger partial charge in [0.05, 0.1) is 12.2 Å². The summed E-state index contributed by atoms with van der Waals surface area (Å²) in [5.74, 6) is -0.374. The molecule has 0 radical (unpaired) electrons. The minimum absolute atomic E-state index is 0.269. The molecular weight excluding hydrogens is 327 g/mol. The maximum Gasteiger partial charge on any atom is 0.256 e. The molecule has 0 amide bonds. The van der Waals surface area contributed by atoms with Gasteiger partial charge >= 0.3 is 0 Å². The number of benzene rings is 1. The maximum atomic E-state index is 4.87. The molecule has 0 saturated heterocycles. The van der Waals surface area contributed by atoms with Crippen LogP contribution in [0, 0.1) is 5.41 Å². The molecule has 0 aromatic heterocycles. The van der Waals surface area contributed by atoms with Crippen LogP contribution < -0.4 is 5.30 Å². The van der Waals surface area contributed by atoms with Gasteiger partial charge in [0.2, 0.25) is 0 Å². The van der Waals surface area contributed by atoms with E-state index < -0.39 is 7.50 Å². The molecule has 4 heteroatoms. The molecule has 1 aromatic carbocycles. The average molecular weight is 352 g/mol. The topological polar surface area (TPSA) is 0 Å². The van der Waals surface area contributed by atoms with Crippen molar-refractivity contribution in [3.05, 3.63) is 53.1 Å². The monoisotopic (exact) mass is 351 g/mol. The number of rotatable bonds is 3. The Hall–Kier alpha value is -0.213. The molecule has 0 fully saturated rings. The van der Waals surface area contributed by atoms with E-state index in [2.05, 4.69) is 80.6 Å². The highest BCUT2D eigenvalue weighted by Crippen LogP contribution is 2.43. The second-order valence-electron chi connectivity index (χ2n) is 6.07. The average Bonchev–Trinajstić information content (AvgIpc) is 2.63. The van der Waals surface area contributed by atoms with Gasteiger partial charge in [0.25, 0.3) is 5.90 Å². The van der Waals surface area contributed by atoms with E-state index in [9.17, 15) is 0 Å². The first kappa shape index (κ1) is 17.1. The van der Waals surface area contributed by atoms with Gasteiger partial charge in [-0.15, -0.1) is 0 Å². The van der Waals surface area contributed by atoms with Crippen LogP contribution in [0.25, 0.3) is 0 Å². The van der Waals surface area contributed by atoms with Crippen LogP contribution in [0.2, 0.25) is 12.6 Å². The molecule has 1 aromatic rings. The smallest absolute Gasteiger partial charge is 0.0713 e. The fourth-order valence-electron chi connectivity index (χ4n) is 2.91. The molecule has 21 heavy (non-hydrogen) atoms. The quantitative estimate of drug-likeness (QED) is 0.411. The summed E-state index contributed by atoms with van der Waals surface area (Å²) in [6.07, 6.45) is 2.48. The third kappa shape index (κ3) is 3.95. The van der Waals surface area contributed by atoms with Gasteiger partial charge in [-0.25, -0.2) is 0 Å². The van der Waals surface area contributed by atoms with E-state index in [1.165, 1.54) is 22.5 Å². The SMILES string of the molecule is CC1=CC(C)(C[Si](C)=S=[P+](S)c2ccccc2)C(C)=C1C. The Morgan fingerprint density at radius 1 is 1.19 bits per heavy atom. The van der Waals surface area contributed by atoms with Crippen LogP contribution in [0.4, 0.5) is 0 Å². The lowest BCUT2D eigenvalue weighted by atomic mass is 9.87. The van der Waals surface area contributed by atoms with E-state index in [-0.39, 0.29) is 11.3 Å². The highest BCUT2D eigenvalue weighted by Gasteiger charge is 2.31. The van der Waals surface area contributed by atoms with Crippen LogP contribution in [0.1, 0.15) is 27.7 Å². The summed E-state index contributed by atoms with van der Waals surface area (Å²) in [6, 6.07) is 12.0. The van der Waals surface area contributed by atoms with Gasteiger partial charge in [0.1, 0.15) is 7.50 Å². The summed E-state index contributed by atoms with van der Waals surface area (Å²) in [5.41, 5.74) is 4.79. The molecule has 0 aliphatic heterocycles. The Morgan fingerprint density at radius 2 is 1.81 bits per heavy atom. The molecule has 0 nitrogen and oxygen atoms in total. The molecule has 0 saturated carbocycles. The summed E-state index contributed by atoms with van der Waals surface area (Å²) < 4.78 is 0. The summed E-state index contributed by atoms with van der Waals surface area (Å²) in [6.45, 7) is 11.7. The lowest BCUT2D eigenvalue weighted by Crippen LogP contribution is -2.16. The van der Waals surface area contributed by atoms with Gasteiger partial charge in [0.15, 0.2) is 5.30 Å². The zero-order valence-corrected chi connectivity index (χ0v) is 17.1. The van der Waals surface area contributed by atoms with E-state index in [0.717, 1.165) is 0 Å². The molecular formula is C17H24PS2Si+. The summed E-state index contributed by atoms with van der Waals surface area (Å²) in [4.78, 5) is 0. The van der Waals surface area contributed by atoms with Crippen molar-refractivity contribution in [1.29, 1.82) is 0 Å². The molecule has 0 bridgehead atoms. The molecule has 2 atom stereocenters. The first-order valence-electron chi connectivity index (χ1n) is 7.26. The van der Waals surface area contributed by atoms with Crippen LogP contribution in [0.15, 0.2) is 53.1 Å². The van der Waals surface area contributed by atoms with Gasteiger partial charge < -0.3 is 0 Å². The summed E-state index contributed by atoms with van der Waals surface area (Å²) >= 11 is 4.87. The number of hydrogen-bond donors (Lipinski definition) is 1. The van der Waals surface area contributed by atoms with Crippen molar-refractivity contribution in [2.45, 2.75) is 40.3 Å². The van der Waals surface area contributed by atoms with Crippen molar-refractivity contribution >= 4 is 40.9 Å². The van der Waals surface area contributed by atoms with E-state index in [4.69, 9.17) is 12.2 Å². The first-order chi connectivity index (χ1) is 9.83. The second-order valence-corrected chi connectivity index (χ2v) is 16.5. The Labute approximate surface area is 139 Å². The largest absolute Gasteiger partial charge is 0.256 e. The normalized spacial score (nSPS) is 22.2. The third-order valence-electron chi connectivity index (χ3n) is 4.38. The maximum absolute atomic E-state index is 4.87. The minimum atomic E-state index is -0.465. The molecule has 2 rings (SSSR count). The number of thiol groups is 1. The van der Waals surface area contributed by atoms with Gasteiger partial charge in [0, 0.05) is 15.4 Å². The predicted molar refractivity (Wildman–Crippen MR) is 106 cm³/mol. The van der Waals surface area contributed by atoms with Crippen LogP contribution in [-0.4, -0.2) is 7.50 Å². The van der Waals surface area contributed by atoms with Crippen molar-refractivity contribution in [2.24, 2.45) is 5.41 Å². The van der Waals surface area contributed by atoms with Gasteiger partial charge in [-0.1, -0.05) is 42.3 Å². The standard InChI is InChI=1S/C17H24PS2Si/c1-13-11-17(4,15(3)14(13)2)12-21(5)20-18(19)16-9-7-6-8-10-16/h6-11,19H,12H2,1-5H3/q+1. The van der Waals surface area contributed by atoms with E-state index in [1.807, 2.05) is 0 Å². The van der Waals surface area contributed by atoms with Crippen molar-refractivity contribution < 1.29 is 0 Å². The molecule has 0 N–H and O–H groups in total. The Kier molecular flexibility index (Phi) is 5.64. The Morgan fingerprint density at radius 3 is 2.33 bits per heavy atom. The number of hydrogen-bond acceptors (Lipinski definition) is 0. The van der Waals surface area contributed by atoms with Crippen LogP contribution in [-0.2, 0) is 9.94 Å². The lowest BCUT2D eigenvalue weighted by molar-refractivity contribution is 0.584. The highest BCUT2D eigenvalue weighted by atomic mass is 32.9. The Bertz CT molecular complexity index is 682. The summed E-state index contributed by atoms with van der Waals surface area (Å²) in [5, 5.41) is 1.39. The number of allylic oxidation sites excluding steroid dienone is 4. The van der Waals surface area contributed by atoms with E-state index >= 15 is 0 Å².